The first-order valence-electron chi connectivity index (χ1n) is 15.5. The molecule has 2 heterocycles. The predicted octanol–water partition coefficient (Wildman–Crippen LogP) is 10.6. The Bertz CT molecular complexity index is 1360. The number of benzene rings is 2. The lowest BCUT2D eigenvalue weighted by Gasteiger charge is -2.33. The second kappa shape index (κ2) is 17.1. The van der Waals surface area contributed by atoms with Gasteiger partial charge >= 0.3 is 0 Å². The third-order valence-corrected chi connectivity index (χ3v) is 7.98. The average Bonchev–Trinajstić information content (AvgIpc) is 3.01. The number of allylic oxidation sites excluding steroid dienone is 7. The number of anilines is 1. The van der Waals surface area contributed by atoms with E-state index in [1.165, 1.54) is 64.6 Å². The van der Waals surface area contributed by atoms with Gasteiger partial charge in [0.25, 0.3) is 0 Å². The Balaban J connectivity index is 0.000000250. The van der Waals surface area contributed by atoms with Gasteiger partial charge in [0.15, 0.2) is 0 Å². The van der Waals surface area contributed by atoms with Gasteiger partial charge in [-0.05, 0) is 110 Å². The van der Waals surface area contributed by atoms with Crippen LogP contribution in [0.4, 0.5) is 5.82 Å². The van der Waals surface area contributed by atoms with Crippen LogP contribution in [0.5, 0.6) is 0 Å². The van der Waals surface area contributed by atoms with Gasteiger partial charge in [-0.1, -0.05) is 111 Å². The summed E-state index contributed by atoms with van der Waals surface area (Å²) in [6.07, 6.45) is 17.0. The van der Waals surface area contributed by atoms with Crippen molar-refractivity contribution >= 4 is 17.0 Å². The van der Waals surface area contributed by atoms with E-state index in [0.717, 1.165) is 43.2 Å². The molecule has 220 valence electrons. The third kappa shape index (κ3) is 10.5. The normalized spacial score (nSPS) is 13.9. The highest BCUT2D eigenvalue weighted by molar-refractivity contribution is 5.63. The molecule has 2 aromatic carbocycles. The number of hydrogen-bond acceptors (Lipinski definition) is 2. The number of aryl methyl sites for hydroxylation is 2. The van der Waals surface area contributed by atoms with E-state index in [9.17, 15) is 0 Å². The Labute approximate surface area is 255 Å². The van der Waals surface area contributed by atoms with Gasteiger partial charge < -0.3 is 4.90 Å². The van der Waals surface area contributed by atoms with Crippen LogP contribution in [0.15, 0.2) is 116 Å². The van der Waals surface area contributed by atoms with Gasteiger partial charge in [0.05, 0.1) is 0 Å². The molecule has 1 fully saturated rings. The summed E-state index contributed by atoms with van der Waals surface area (Å²) < 4.78 is 0. The Morgan fingerprint density at radius 1 is 0.976 bits per heavy atom. The molecule has 0 amide bonds. The van der Waals surface area contributed by atoms with Crippen LogP contribution in [-0.2, 0) is 12.8 Å². The van der Waals surface area contributed by atoms with Crippen molar-refractivity contribution in [3.63, 3.8) is 0 Å². The molecule has 0 saturated carbocycles. The van der Waals surface area contributed by atoms with Crippen LogP contribution < -0.4 is 4.90 Å². The maximum Gasteiger partial charge on any atom is 0.128 e. The minimum Gasteiger partial charge on any atom is -0.357 e. The summed E-state index contributed by atoms with van der Waals surface area (Å²) in [5, 5.41) is 0. The first-order valence-corrected chi connectivity index (χ1v) is 15.5. The van der Waals surface area contributed by atoms with Crippen LogP contribution in [0.3, 0.4) is 0 Å². The number of piperidine rings is 1. The predicted molar refractivity (Wildman–Crippen MR) is 186 cm³/mol. The summed E-state index contributed by atoms with van der Waals surface area (Å²) >= 11 is 0. The second-order valence-corrected chi connectivity index (χ2v) is 11.5. The van der Waals surface area contributed by atoms with Crippen molar-refractivity contribution in [2.75, 3.05) is 18.0 Å². The van der Waals surface area contributed by atoms with Gasteiger partial charge in [-0.15, -0.1) is 0 Å². The van der Waals surface area contributed by atoms with Gasteiger partial charge in [0.2, 0.25) is 0 Å². The number of rotatable bonds is 11. The van der Waals surface area contributed by atoms with E-state index < -0.39 is 0 Å². The molecule has 1 aromatic heterocycles. The second-order valence-electron chi connectivity index (χ2n) is 11.5. The van der Waals surface area contributed by atoms with E-state index in [1.54, 1.807) is 0 Å². The van der Waals surface area contributed by atoms with Crippen molar-refractivity contribution in [1.82, 2.24) is 4.98 Å². The first-order chi connectivity index (χ1) is 20.3. The minimum absolute atomic E-state index is 0.833. The Morgan fingerprint density at radius 3 is 2.29 bits per heavy atom. The third-order valence-electron chi connectivity index (χ3n) is 7.98. The van der Waals surface area contributed by atoms with Gasteiger partial charge in [-0.25, -0.2) is 4.98 Å². The molecule has 0 radical (unpaired) electrons. The van der Waals surface area contributed by atoms with Crippen molar-refractivity contribution in [2.45, 2.75) is 66.2 Å². The lowest BCUT2D eigenvalue weighted by Crippen LogP contribution is -2.34. The topological polar surface area (TPSA) is 16.1 Å². The molecular weight excluding hydrogens is 508 g/mol. The molecule has 0 spiro atoms. The molecule has 42 heavy (non-hydrogen) atoms. The molecule has 0 aliphatic carbocycles. The van der Waals surface area contributed by atoms with Crippen LogP contribution in [0.2, 0.25) is 0 Å². The van der Waals surface area contributed by atoms with Gasteiger partial charge in [0, 0.05) is 19.3 Å². The Hall–Kier alpha value is -3.91. The summed E-state index contributed by atoms with van der Waals surface area (Å²) in [5.41, 5.74) is 10.1. The van der Waals surface area contributed by atoms with Crippen molar-refractivity contribution < 1.29 is 0 Å². The standard InChI is InChI=1S/C23H30N2.C17H20/c1-4-19(3)22-7-5-6-21(16-22)10-9-20-12-14-25(15-13-20)23-11-8-18(2)17-24-23;1-5-8-15(9-6-2)12-16-10-7-11-17(13-16)14(3)4/h5-8,11,16-17,20H,3-4,9-10,12-15H2,1-2H3;5-11,13H,1,3,12H2,2,4H3/b;9-6-,15-8+. The summed E-state index contributed by atoms with van der Waals surface area (Å²) in [6, 6.07) is 21.8. The summed E-state index contributed by atoms with van der Waals surface area (Å²) in [6.45, 7) is 22.5. The minimum atomic E-state index is 0.833. The van der Waals surface area contributed by atoms with Crippen LogP contribution in [0.1, 0.15) is 74.3 Å². The van der Waals surface area contributed by atoms with E-state index in [1.807, 2.05) is 32.2 Å². The fourth-order valence-electron chi connectivity index (χ4n) is 5.34. The van der Waals surface area contributed by atoms with Crippen LogP contribution in [0.25, 0.3) is 11.1 Å². The maximum atomic E-state index is 4.57. The molecule has 1 aliphatic heterocycles. The van der Waals surface area contributed by atoms with E-state index in [2.05, 4.69) is 116 Å². The fourth-order valence-corrected chi connectivity index (χ4v) is 5.34. The van der Waals surface area contributed by atoms with Crippen molar-refractivity contribution in [1.29, 1.82) is 0 Å². The van der Waals surface area contributed by atoms with Gasteiger partial charge in [-0.2, -0.15) is 0 Å². The molecular formula is C40H50N2. The number of hydrogen-bond donors (Lipinski definition) is 0. The molecule has 0 bridgehead atoms. The van der Waals surface area contributed by atoms with Crippen molar-refractivity contribution in [2.24, 2.45) is 5.92 Å². The number of nitrogens with zero attached hydrogens (tertiary/aromatic N) is 2. The summed E-state index contributed by atoms with van der Waals surface area (Å²) in [7, 11) is 0. The number of pyridine rings is 1. The van der Waals surface area contributed by atoms with Gasteiger partial charge in [0.1, 0.15) is 5.82 Å². The molecule has 3 aromatic rings. The van der Waals surface area contributed by atoms with E-state index in [-0.39, 0.29) is 0 Å². The molecule has 2 heteroatoms. The zero-order valence-electron chi connectivity index (χ0n) is 26.4. The lowest BCUT2D eigenvalue weighted by molar-refractivity contribution is 0.380. The smallest absolute Gasteiger partial charge is 0.128 e. The molecule has 0 atom stereocenters. The van der Waals surface area contributed by atoms with Crippen molar-refractivity contribution in [3.8, 4) is 0 Å². The average molecular weight is 559 g/mol. The molecule has 0 unspecified atom stereocenters. The Kier molecular flexibility index (Phi) is 13.3. The molecule has 0 N–H and O–H groups in total. The highest BCUT2D eigenvalue weighted by Gasteiger charge is 2.20. The van der Waals surface area contributed by atoms with Crippen molar-refractivity contribution in [3.05, 3.63) is 144 Å². The van der Waals surface area contributed by atoms with Crippen LogP contribution >= 0.6 is 0 Å². The van der Waals surface area contributed by atoms with Gasteiger partial charge in [-0.3, -0.25) is 0 Å². The monoisotopic (exact) mass is 558 g/mol. The van der Waals surface area contributed by atoms with Crippen LogP contribution in [-0.4, -0.2) is 18.1 Å². The quantitative estimate of drug-likeness (QED) is 0.218. The summed E-state index contributed by atoms with van der Waals surface area (Å²) in [4.78, 5) is 7.00. The first kappa shape index (κ1) is 32.6. The highest BCUT2D eigenvalue weighted by atomic mass is 15.2. The number of aromatic nitrogens is 1. The summed E-state index contributed by atoms with van der Waals surface area (Å²) in [5.74, 6) is 1.97. The van der Waals surface area contributed by atoms with E-state index in [4.69, 9.17) is 0 Å². The molecule has 2 nitrogen and oxygen atoms in total. The zero-order chi connectivity index (χ0) is 30.3. The molecule has 4 rings (SSSR count). The highest BCUT2D eigenvalue weighted by Crippen LogP contribution is 2.26. The largest absolute Gasteiger partial charge is 0.357 e. The lowest BCUT2D eigenvalue weighted by atomic mass is 9.90. The fraction of sp³-hybridized carbons (Fsp3) is 0.325. The van der Waals surface area contributed by atoms with E-state index in [0.29, 0.717) is 0 Å². The maximum absolute atomic E-state index is 4.57. The SMILES string of the molecule is C=C(CC)c1cccc(CCC2CCN(c3ccc(C)cn3)CC2)c1.C=C/C=C(\C=C/C)Cc1cccc(C(=C)C)c1. The Morgan fingerprint density at radius 2 is 1.67 bits per heavy atom. The van der Waals surface area contributed by atoms with E-state index >= 15 is 0 Å². The zero-order valence-corrected chi connectivity index (χ0v) is 26.4. The molecule has 1 saturated heterocycles. The van der Waals surface area contributed by atoms with Crippen LogP contribution in [0, 0.1) is 12.8 Å². The molecule has 1 aliphatic rings.